The van der Waals surface area contributed by atoms with Crippen LogP contribution in [0, 0.1) is 0 Å². The number of hydrogen-bond donors (Lipinski definition) is 1. The molecule has 0 aromatic heterocycles. The molecule has 0 aromatic carbocycles. The highest BCUT2D eigenvalue weighted by Gasteiger charge is 2.28. The minimum atomic E-state index is 0.265. The number of likely N-dealkylation sites (tertiary alicyclic amines) is 1. The van der Waals surface area contributed by atoms with Crippen molar-refractivity contribution in [3.05, 3.63) is 0 Å². The van der Waals surface area contributed by atoms with Crippen molar-refractivity contribution in [1.82, 2.24) is 20.0 Å². The van der Waals surface area contributed by atoms with Crippen molar-refractivity contribution in [1.29, 1.82) is 0 Å². The molecule has 1 atom stereocenters. The van der Waals surface area contributed by atoms with E-state index >= 15 is 0 Å². The Hall–Kier alpha value is -0.650. The van der Waals surface area contributed by atoms with Crippen LogP contribution in [-0.2, 0) is 4.79 Å². The van der Waals surface area contributed by atoms with E-state index in [0.717, 1.165) is 45.4 Å². The van der Waals surface area contributed by atoms with E-state index in [1.165, 1.54) is 0 Å². The van der Waals surface area contributed by atoms with Crippen LogP contribution in [0.3, 0.4) is 0 Å². The third-order valence-electron chi connectivity index (χ3n) is 4.62. The van der Waals surface area contributed by atoms with Gasteiger partial charge in [0, 0.05) is 25.7 Å². The summed E-state index contributed by atoms with van der Waals surface area (Å²) in [6.45, 7) is 4.83. The first kappa shape index (κ1) is 14.8. The van der Waals surface area contributed by atoms with E-state index in [1.807, 2.05) is 11.9 Å². The highest BCUT2D eigenvalue weighted by atomic mass is 16.2. The van der Waals surface area contributed by atoms with Crippen LogP contribution < -0.4 is 5.32 Å². The SMILES string of the molecule is CN1CCC(N(C)C(=O)CN(C)C2CCNCC2)C1. The fourth-order valence-corrected chi connectivity index (χ4v) is 3.13. The fourth-order valence-electron chi connectivity index (χ4n) is 3.13. The van der Waals surface area contributed by atoms with E-state index in [4.69, 9.17) is 0 Å². The van der Waals surface area contributed by atoms with Gasteiger partial charge in [-0.2, -0.15) is 0 Å². The van der Waals surface area contributed by atoms with Gasteiger partial charge in [0.25, 0.3) is 0 Å². The molecule has 19 heavy (non-hydrogen) atoms. The van der Waals surface area contributed by atoms with Crippen LogP contribution in [0.4, 0.5) is 0 Å². The highest BCUT2D eigenvalue weighted by molar-refractivity contribution is 5.78. The Kier molecular flexibility index (Phi) is 5.19. The van der Waals surface area contributed by atoms with Crippen LogP contribution in [0.5, 0.6) is 0 Å². The lowest BCUT2D eigenvalue weighted by atomic mass is 10.1. The van der Waals surface area contributed by atoms with E-state index in [-0.39, 0.29) is 5.91 Å². The highest BCUT2D eigenvalue weighted by Crippen LogP contribution is 2.14. The maximum atomic E-state index is 12.3. The van der Waals surface area contributed by atoms with Gasteiger partial charge in [0.1, 0.15) is 0 Å². The molecule has 2 fully saturated rings. The smallest absolute Gasteiger partial charge is 0.236 e. The standard InChI is InChI=1S/C14H28N4O/c1-16-9-6-13(10-16)18(3)14(19)11-17(2)12-4-7-15-8-5-12/h12-13,15H,4-11H2,1-3H3. The van der Waals surface area contributed by atoms with Gasteiger partial charge in [0.05, 0.1) is 6.54 Å². The lowest BCUT2D eigenvalue weighted by Crippen LogP contribution is -2.48. The molecule has 2 aliphatic heterocycles. The largest absolute Gasteiger partial charge is 0.340 e. The second-order valence-corrected chi connectivity index (χ2v) is 6.11. The summed E-state index contributed by atoms with van der Waals surface area (Å²) in [5.74, 6) is 0.265. The van der Waals surface area contributed by atoms with Crippen LogP contribution in [0.25, 0.3) is 0 Å². The Morgan fingerprint density at radius 1 is 1.21 bits per heavy atom. The molecule has 0 spiro atoms. The van der Waals surface area contributed by atoms with Gasteiger partial charge < -0.3 is 15.1 Å². The number of carbonyl (C=O) groups is 1. The zero-order chi connectivity index (χ0) is 13.8. The number of likely N-dealkylation sites (N-methyl/N-ethyl adjacent to an activating group) is 3. The van der Waals surface area contributed by atoms with Crippen LogP contribution in [-0.4, -0.2) is 86.6 Å². The predicted octanol–water partition coefficient (Wildman–Crippen LogP) is -0.167. The number of nitrogens with zero attached hydrogens (tertiary/aromatic N) is 3. The summed E-state index contributed by atoms with van der Waals surface area (Å²) in [6.07, 6.45) is 3.41. The molecule has 0 radical (unpaired) electrons. The topological polar surface area (TPSA) is 38.8 Å². The molecular formula is C14H28N4O. The molecule has 5 heteroatoms. The van der Waals surface area contributed by atoms with Gasteiger partial charge in [0.15, 0.2) is 0 Å². The molecule has 2 saturated heterocycles. The van der Waals surface area contributed by atoms with Gasteiger partial charge in [-0.1, -0.05) is 0 Å². The quantitative estimate of drug-likeness (QED) is 0.768. The number of carbonyl (C=O) groups excluding carboxylic acids is 1. The minimum Gasteiger partial charge on any atom is -0.340 e. The van der Waals surface area contributed by atoms with E-state index in [9.17, 15) is 4.79 Å². The predicted molar refractivity (Wildman–Crippen MR) is 77.2 cm³/mol. The van der Waals surface area contributed by atoms with Gasteiger partial charge in [0.2, 0.25) is 5.91 Å². The first-order valence-corrected chi connectivity index (χ1v) is 7.43. The first-order valence-electron chi connectivity index (χ1n) is 7.43. The van der Waals surface area contributed by atoms with Gasteiger partial charge in [-0.25, -0.2) is 0 Å². The van der Waals surface area contributed by atoms with Crippen molar-refractivity contribution in [2.75, 3.05) is 53.9 Å². The van der Waals surface area contributed by atoms with E-state index in [1.54, 1.807) is 0 Å². The van der Waals surface area contributed by atoms with Crippen molar-refractivity contribution in [3.63, 3.8) is 0 Å². The summed E-state index contributed by atoms with van der Waals surface area (Å²) in [5, 5.41) is 3.37. The number of amides is 1. The van der Waals surface area contributed by atoms with Gasteiger partial charge in [-0.3, -0.25) is 9.69 Å². The molecule has 0 aromatic rings. The molecule has 2 rings (SSSR count). The molecule has 0 aliphatic carbocycles. The van der Waals surface area contributed by atoms with E-state index < -0.39 is 0 Å². The number of nitrogens with one attached hydrogen (secondary N) is 1. The lowest BCUT2D eigenvalue weighted by Gasteiger charge is -2.33. The summed E-state index contributed by atoms with van der Waals surface area (Å²) in [7, 11) is 6.17. The Morgan fingerprint density at radius 2 is 1.89 bits per heavy atom. The Bertz CT molecular complexity index is 304. The van der Waals surface area contributed by atoms with E-state index in [2.05, 4.69) is 29.2 Å². The third kappa shape index (κ3) is 3.91. The van der Waals surface area contributed by atoms with Gasteiger partial charge >= 0.3 is 0 Å². The Morgan fingerprint density at radius 3 is 2.47 bits per heavy atom. The maximum Gasteiger partial charge on any atom is 0.236 e. The number of rotatable bonds is 4. The summed E-state index contributed by atoms with van der Waals surface area (Å²) < 4.78 is 0. The molecule has 0 saturated carbocycles. The number of piperidine rings is 1. The molecule has 2 heterocycles. The van der Waals surface area contributed by atoms with Gasteiger partial charge in [-0.05, 0) is 53.0 Å². The van der Waals surface area contributed by atoms with Crippen LogP contribution in [0.1, 0.15) is 19.3 Å². The van der Waals surface area contributed by atoms with Crippen molar-refractivity contribution < 1.29 is 4.79 Å². The monoisotopic (exact) mass is 268 g/mol. The molecular weight excluding hydrogens is 240 g/mol. The average Bonchev–Trinajstić information content (AvgIpc) is 2.85. The zero-order valence-corrected chi connectivity index (χ0v) is 12.6. The molecule has 1 unspecified atom stereocenters. The van der Waals surface area contributed by atoms with Crippen LogP contribution >= 0.6 is 0 Å². The summed E-state index contributed by atoms with van der Waals surface area (Å²) >= 11 is 0. The van der Waals surface area contributed by atoms with E-state index in [0.29, 0.717) is 18.6 Å². The zero-order valence-electron chi connectivity index (χ0n) is 12.6. The van der Waals surface area contributed by atoms with Gasteiger partial charge in [-0.15, -0.1) is 0 Å². The van der Waals surface area contributed by atoms with Crippen molar-refractivity contribution in [2.24, 2.45) is 0 Å². The second-order valence-electron chi connectivity index (χ2n) is 6.11. The summed E-state index contributed by atoms with van der Waals surface area (Å²) in [4.78, 5) is 18.8. The molecule has 0 bridgehead atoms. The van der Waals surface area contributed by atoms with Crippen molar-refractivity contribution >= 4 is 5.91 Å². The van der Waals surface area contributed by atoms with Crippen molar-refractivity contribution in [3.8, 4) is 0 Å². The van der Waals surface area contributed by atoms with Crippen LogP contribution in [0.2, 0.25) is 0 Å². The molecule has 110 valence electrons. The molecule has 5 nitrogen and oxygen atoms in total. The first-order chi connectivity index (χ1) is 9.08. The Balaban J connectivity index is 1.79. The lowest BCUT2D eigenvalue weighted by molar-refractivity contribution is -0.133. The normalized spacial score (nSPS) is 26.0. The molecule has 1 N–H and O–H groups in total. The Labute approximate surface area is 116 Å². The number of hydrogen-bond acceptors (Lipinski definition) is 4. The summed E-state index contributed by atoms with van der Waals surface area (Å²) in [6, 6.07) is 0.962. The van der Waals surface area contributed by atoms with Crippen molar-refractivity contribution in [2.45, 2.75) is 31.3 Å². The fraction of sp³-hybridized carbons (Fsp3) is 0.929. The third-order valence-corrected chi connectivity index (χ3v) is 4.62. The van der Waals surface area contributed by atoms with Crippen LogP contribution in [0.15, 0.2) is 0 Å². The average molecular weight is 268 g/mol. The maximum absolute atomic E-state index is 12.3. The second kappa shape index (κ2) is 6.68. The minimum absolute atomic E-state index is 0.265. The molecule has 2 aliphatic rings. The summed E-state index contributed by atoms with van der Waals surface area (Å²) in [5.41, 5.74) is 0. The molecule has 1 amide bonds.